The van der Waals surface area contributed by atoms with Gasteiger partial charge < -0.3 is 19.0 Å². The molecule has 0 aliphatic carbocycles. The molecule has 0 bridgehead atoms. The van der Waals surface area contributed by atoms with Crippen molar-refractivity contribution >= 4 is 38.8 Å². The van der Waals surface area contributed by atoms with E-state index >= 15 is 0 Å². The number of hydrogen-bond acceptors (Lipinski definition) is 3. The first-order valence-electron chi connectivity index (χ1n) is 10.9. The molecular weight excluding hydrogens is 402 g/mol. The fraction of sp³-hybridized carbons (Fsp3) is 0.231. The van der Waals surface area contributed by atoms with E-state index < -0.39 is 5.97 Å². The first-order valence-corrected chi connectivity index (χ1v) is 10.9. The van der Waals surface area contributed by atoms with Crippen molar-refractivity contribution in [3.63, 3.8) is 0 Å². The molecule has 2 heterocycles. The fourth-order valence-electron chi connectivity index (χ4n) is 4.61. The average Bonchev–Trinajstić information content (AvgIpc) is 3.33. The van der Waals surface area contributed by atoms with Gasteiger partial charge in [0, 0.05) is 54.2 Å². The molecule has 2 aromatic heterocycles. The van der Waals surface area contributed by atoms with E-state index in [1.165, 1.54) is 21.8 Å². The molecule has 6 nitrogen and oxygen atoms in total. The highest BCUT2D eigenvalue weighted by Gasteiger charge is 2.17. The number of para-hydroxylation sites is 1. The van der Waals surface area contributed by atoms with E-state index in [2.05, 4.69) is 58.5 Å². The molecule has 3 aromatic carbocycles. The Morgan fingerprint density at radius 3 is 2.53 bits per heavy atom. The molecule has 0 aliphatic rings. The third-order valence-corrected chi connectivity index (χ3v) is 6.07. The second-order valence-corrected chi connectivity index (χ2v) is 7.94. The maximum atomic E-state index is 11.5. The normalized spacial score (nSPS) is 11.7. The largest absolute Gasteiger partial charge is 0.478 e. The molecule has 0 aliphatic heterocycles. The van der Waals surface area contributed by atoms with Crippen LogP contribution in [0.5, 0.6) is 0 Å². The summed E-state index contributed by atoms with van der Waals surface area (Å²) in [7, 11) is 1.70. The minimum atomic E-state index is -0.948. The number of carbonyl (C=O) groups is 1. The molecule has 6 heteroatoms. The van der Waals surface area contributed by atoms with E-state index in [0.717, 1.165) is 36.4 Å². The molecule has 0 saturated carbocycles. The lowest BCUT2D eigenvalue weighted by molar-refractivity contribution is 0.0697. The van der Waals surface area contributed by atoms with Crippen molar-refractivity contribution in [1.29, 1.82) is 0 Å². The molecule has 5 aromatic rings. The zero-order valence-electron chi connectivity index (χ0n) is 18.2. The Hall–Kier alpha value is -3.64. The summed E-state index contributed by atoms with van der Waals surface area (Å²) >= 11 is 0. The number of aromatic carboxylic acids is 1. The van der Waals surface area contributed by atoms with Crippen LogP contribution in [-0.2, 0) is 17.8 Å². The molecule has 0 unspecified atom stereocenters. The molecule has 1 N–H and O–H groups in total. The van der Waals surface area contributed by atoms with Crippen LogP contribution in [0.2, 0.25) is 0 Å². The molecule has 5 rings (SSSR count). The summed E-state index contributed by atoms with van der Waals surface area (Å²) in [6.07, 6.45) is 0.840. The second kappa shape index (κ2) is 8.13. The summed E-state index contributed by atoms with van der Waals surface area (Å²) in [5, 5.41) is 11.8. The van der Waals surface area contributed by atoms with Crippen molar-refractivity contribution in [2.24, 2.45) is 0 Å². The van der Waals surface area contributed by atoms with Crippen LogP contribution in [0.3, 0.4) is 0 Å². The molecule has 162 valence electrons. The lowest BCUT2D eigenvalue weighted by Gasteiger charge is -2.10. The maximum absolute atomic E-state index is 11.5. The highest BCUT2D eigenvalue weighted by atomic mass is 16.5. The number of aromatic nitrogens is 3. The van der Waals surface area contributed by atoms with Crippen molar-refractivity contribution in [1.82, 2.24) is 14.1 Å². The van der Waals surface area contributed by atoms with E-state index in [9.17, 15) is 9.90 Å². The highest BCUT2D eigenvalue weighted by molar-refractivity contribution is 6.09. The van der Waals surface area contributed by atoms with Gasteiger partial charge in [-0.15, -0.1) is 0 Å². The van der Waals surface area contributed by atoms with E-state index in [1.807, 2.05) is 6.07 Å². The monoisotopic (exact) mass is 427 g/mol. The number of methoxy groups -OCH3 is 1. The number of carboxylic acids is 1. The van der Waals surface area contributed by atoms with E-state index in [1.54, 1.807) is 19.2 Å². The lowest BCUT2D eigenvalue weighted by Crippen LogP contribution is -2.04. The predicted octanol–water partition coefficient (Wildman–Crippen LogP) is 5.57. The Balaban J connectivity index is 1.72. The lowest BCUT2D eigenvalue weighted by atomic mass is 10.1. The SMILES string of the molecule is CCn1c2ccccc2c2cc(-c3nc4cc(C(=O)O)ccc4n3CCCOC)ccc21. The van der Waals surface area contributed by atoms with Gasteiger partial charge in [0.25, 0.3) is 0 Å². The van der Waals surface area contributed by atoms with Gasteiger partial charge >= 0.3 is 5.97 Å². The molecule has 32 heavy (non-hydrogen) atoms. The summed E-state index contributed by atoms with van der Waals surface area (Å²) < 4.78 is 9.75. The van der Waals surface area contributed by atoms with Crippen LogP contribution in [0.15, 0.2) is 60.7 Å². The van der Waals surface area contributed by atoms with Crippen LogP contribution in [0.1, 0.15) is 23.7 Å². The van der Waals surface area contributed by atoms with Crippen molar-refractivity contribution < 1.29 is 14.6 Å². The van der Waals surface area contributed by atoms with Gasteiger partial charge in [-0.1, -0.05) is 18.2 Å². The Morgan fingerprint density at radius 1 is 0.969 bits per heavy atom. The number of rotatable bonds is 7. The standard InChI is InChI=1S/C26H25N3O3/c1-3-28-22-8-5-4-7-19(22)20-15-17(9-11-23(20)28)25-27-21-16-18(26(30)31)10-12-24(21)29(25)13-6-14-32-2/h4-5,7-12,15-16H,3,6,13-14H2,1-2H3,(H,30,31). The highest BCUT2D eigenvalue weighted by Crippen LogP contribution is 2.33. The number of imidazole rings is 1. The first-order chi connectivity index (χ1) is 15.6. The molecule has 0 amide bonds. The van der Waals surface area contributed by atoms with Crippen LogP contribution in [0.25, 0.3) is 44.2 Å². The van der Waals surface area contributed by atoms with E-state index in [0.29, 0.717) is 12.1 Å². The van der Waals surface area contributed by atoms with Gasteiger partial charge in [-0.25, -0.2) is 9.78 Å². The topological polar surface area (TPSA) is 69.3 Å². The number of carboxylic acid groups (broad SMARTS) is 1. The number of ether oxygens (including phenoxy) is 1. The summed E-state index contributed by atoms with van der Waals surface area (Å²) in [4.78, 5) is 16.3. The number of benzene rings is 3. The Bertz CT molecular complexity index is 1460. The molecular formula is C26H25N3O3. The van der Waals surface area contributed by atoms with Crippen molar-refractivity contribution in [3.05, 3.63) is 66.2 Å². The van der Waals surface area contributed by atoms with Gasteiger partial charge in [0.15, 0.2) is 0 Å². The zero-order chi connectivity index (χ0) is 22.2. The van der Waals surface area contributed by atoms with Gasteiger partial charge in [0.2, 0.25) is 0 Å². The van der Waals surface area contributed by atoms with Crippen LogP contribution in [-0.4, -0.2) is 38.9 Å². The van der Waals surface area contributed by atoms with Crippen LogP contribution in [0, 0.1) is 0 Å². The second-order valence-electron chi connectivity index (χ2n) is 7.94. The van der Waals surface area contributed by atoms with Crippen molar-refractivity contribution in [3.8, 4) is 11.4 Å². The summed E-state index contributed by atoms with van der Waals surface area (Å²) in [6, 6.07) is 20.1. The number of hydrogen-bond donors (Lipinski definition) is 1. The zero-order valence-corrected chi connectivity index (χ0v) is 18.2. The van der Waals surface area contributed by atoms with Gasteiger partial charge in [0.1, 0.15) is 5.82 Å². The minimum Gasteiger partial charge on any atom is -0.478 e. The van der Waals surface area contributed by atoms with Gasteiger partial charge in [0.05, 0.1) is 16.6 Å². The molecule has 0 fully saturated rings. The van der Waals surface area contributed by atoms with Crippen LogP contribution in [0.4, 0.5) is 0 Å². The van der Waals surface area contributed by atoms with E-state index in [-0.39, 0.29) is 5.56 Å². The first kappa shape index (κ1) is 20.3. The average molecular weight is 428 g/mol. The smallest absolute Gasteiger partial charge is 0.335 e. The number of nitrogens with zero attached hydrogens (tertiary/aromatic N) is 3. The van der Waals surface area contributed by atoms with E-state index in [4.69, 9.17) is 9.72 Å². The fourth-order valence-corrected chi connectivity index (χ4v) is 4.61. The van der Waals surface area contributed by atoms with Crippen molar-refractivity contribution in [2.45, 2.75) is 26.4 Å². The summed E-state index contributed by atoms with van der Waals surface area (Å²) in [5.74, 6) is -0.106. The van der Waals surface area contributed by atoms with Crippen molar-refractivity contribution in [2.75, 3.05) is 13.7 Å². The van der Waals surface area contributed by atoms with Gasteiger partial charge in [-0.05, 0) is 55.8 Å². The Kier molecular flexibility index (Phi) is 5.15. The number of aryl methyl sites for hydroxylation is 2. The third-order valence-electron chi connectivity index (χ3n) is 6.07. The maximum Gasteiger partial charge on any atom is 0.335 e. The van der Waals surface area contributed by atoms with Crippen LogP contribution >= 0.6 is 0 Å². The molecule has 0 radical (unpaired) electrons. The summed E-state index contributed by atoms with van der Waals surface area (Å²) in [6.45, 7) is 4.45. The molecule has 0 spiro atoms. The Morgan fingerprint density at radius 2 is 1.75 bits per heavy atom. The summed E-state index contributed by atoms with van der Waals surface area (Å²) in [5.41, 5.74) is 5.30. The minimum absolute atomic E-state index is 0.243. The quantitative estimate of drug-likeness (QED) is 0.345. The van der Waals surface area contributed by atoms with Gasteiger partial charge in [-0.2, -0.15) is 0 Å². The molecule has 0 saturated heterocycles. The predicted molar refractivity (Wildman–Crippen MR) is 127 cm³/mol. The van der Waals surface area contributed by atoms with Gasteiger partial charge in [-0.3, -0.25) is 0 Å². The third kappa shape index (κ3) is 3.24. The number of fused-ring (bicyclic) bond motifs is 4. The Labute approximate surface area is 185 Å². The van der Waals surface area contributed by atoms with Crippen LogP contribution < -0.4 is 0 Å². The molecule has 0 atom stereocenters.